The first-order valence-corrected chi connectivity index (χ1v) is 8.05. The van der Waals surface area contributed by atoms with Gasteiger partial charge in [0, 0.05) is 32.2 Å². The van der Waals surface area contributed by atoms with E-state index in [1.807, 2.05) is 0 Å². The standard InChI is InChI=1S/C18H18F3N3O3/c1-3-10-24(15(25)5-4-11-26-2)12-13-6-8-14(9-7-13)16-22-17(27-23-16)18(19,20)21/h1,6-9H,4-5,10-12H2,2H3. The number of halogens is 3. The predicted octanol–water partition coefficient (Wildman–Crippen LogP) is 3.14. The molecule has 0 N–H and O–H groups in total. The first-order chi connectivity index (χ1) is 12.8. The topological polar surface area (TPSA) is 68.5 Å². The zero-order valence-corrected chi connectivity index (χ0v) is 14.6. The number of nitrogens with zero attached hydrogens (tertiary/aromatic N) is 3. The van der Waals surface area contributed by atoms with Crippen LogP contribution in [0.1, 0.15) is 24.3 Å². The third-order valence-corrected chi connectivity index (χ3v) is 3.63. The van der Waals surface area contributed by atoms with Crippen LogP contribution in [0.4, 0.5) is 13.2 Å². The smallest absolute Gasteiger partial charge is 0.385 e. The van der Waals surface area contributed by atoms with Gasteiger partial charge in [0.1, 0.15) is 0 Å². The van der Waals surface area contributed by atoms with Crippen molar-refractivity contribution in [3.8, 4) is 23.7 Å². The van der Waals surface area contributed by atoms with Crippen LogP contribution in [0.2, 0.25) is 0 Å². The molecule has 1 aromatic carbocycles. The first-order valence-electron chi connectivity index (χ1n) is 8.05. The summed E-state index contributed by atoms with van der Waals surface area (Å²) in [6.07, 6.45) is 1.54. The normalized spacial score (nSPS) is 11.2. The molecule has 0 bridgehead atoms. The third kappa shape index (κ3) is 5.82. The summed E-state index contributed by atoms with van der Waals surface area (Å²) in [4.78, 5) is 17.1. The summed E-state index contributed by atoms with van der Waals surface area (Å²) in [6.45, 7) is 0.929. The van der Waals surface area contributed by atoms with Crippen LogP contribution in [0.15, 0.2) is 28.8 Å². The van der Waals surface area contributed by atoms with Crippen molar-refractivity contribution >= 4 is 5.91 Å². The summed E-state index contributed by atoms with van der Waals surface area (Å²) in [5, 5.41) is 3.33. The number of amides is 1. The van der Waals surface area contributed by atoms with Crippen LogP contribution in [0.5, 0.6) is 0 Å². The summed E-state index contributed by atoms with van der Waals surface area (Å²) < 4.78 is 46.7. The van der Waals surface area contributed by atoms with Crippen molar-refractivity contribution in [3.05, 3.63) is 35.7 Å². The Morgan fingerprint density at radius 2 is 2.04 bits per heavy atom. The molecule has 6 nitrogen and oxygen atoms in total. The van der Waals surface area contributed by atoms with Crippen LogP contribution in [0.25, 0.3) is 11.4 Å². The van der Waals surface area contributed by atoms with Gasteiger partial charge >= 0.3 is 12.1 Å². The SMILES string of the molecule is C#CCN(Cc1ccc(-c2noc(C(F)(F)F)n2)cc1)C(=O)CCCOC. The van der Waals surface area contributed by atoms with E-state index in [2.05, 4.69) is 20.6 Å². The number of terminal acetylenes is 1. The van der Waals surface area contributed by atoms with Crippen molar-refractivity contribution < 1.29 is 27.2 Å². The molecule has 0 saturated carbocycles. The number of ether oxygens (including phenoxy) is 1. The van der Waals surface area contributed by atoms with Gasteiger partial charge < -0.3 is 14.2 Å². The van der Waals surface area contributed by atoms with Crippen LogP contribution in [-0.2, 0) is 22.3 Å². The molecule has 2 rings (SSSR count). The lowest BCUT2D eigenvalue weighted by molar-refractivity contribution is -0.159. The molecule has 0 atom stereocenters. The van der Waals surface area contributed by atoms with Crippen LogP contribution in [0.3, 0.4) is 0 Å². The van der Waals surface area contributed by atoms with Gasteiger partial charge in [0.25, 0.3) is 0 Å². The van der Waals surface area contributed by atoms with Gasteiger partial charge in [-0.1, -0.05) is 35.3 Å². The lowest BCUT2D eigenvalue weighted by Crippen LogP contribution is -2.30. The minimum absolute atomic E-state index is 0.0953. The van der Waals surface area contributed by atoms with Crippen molar-refractivity contribution in [1.82, 2.24) is 15.0 Å². The molecule has 0 fully saturated rings. The van der Waals surface area contributed by atoms with Crippen LogP contribution >= 0.6 is 0 Å². The van der Waals surface area contributed by atoms with E-state index >= 15 is 0 Å². The monoisotopic (exact) mass is 381 g/mol. The molecule has 0 aliphatic rings. The highest BCUT2D eigenvalue weighted by molar-refractivity contribution is 5.76. The van der Waals surface area contributed by atoms with Crippen molar-refractivity contribution in [2.24, 2.45) is 0 Å². The maximum atomic E-state index is 12.5. The third-order valence-electron chi connectivity index (χ3n) is 3.63. The Kier molecular flexibility index (Phi) is 6.96. The lowest BCUT2D eigenvalue weighted by atomic mass is 10.1. The van der Waals surface area contributed by atoms with Gasteiger partial charge in [0.15, 0.2) is 0 Å². The second-order valence-electron chi connectivity index (χ2n) is 5.67. The van der Waals surface area contributed by atoms with Gasteiger partial charge in [-0.25, -0.2) is 0 Å². The molecule has 0 unspecified atom stereocenters. The number of carbonyl (C=O) groups excluding carboxylic acids is 1. The predicted molar refractivity (Wildman–Crippen MR) is 90.1 cm³/mol. The minimum Gasteiger partial charge on any atom is -0.385 e. The molecule has 27 heavy (non-hydrogen) atoms. The van der Waals surface area contributed by atoms with E-state index in [1.54, 1.807) is 31.4 Å². The molecule has 1 heterocycles. The highest BCUT2D eigenvalue weighted by Crippen LogP contribution is 2.29. The first kappa shape index (κ1) is 20.5. The molecule has 0 aliphatic carbocycles. The Morgan fingerprint density at radius 3 is 2.59 bits per heavy atom. The van der Waals surface area contributed by atoms with E-state index in [1.165, 1.54) is 4.90 Å². The summed E-state index contributed by atoms with van der Waals surface area (Å²) in [6, 6.07) is 6.46. The number of rotatable bonds is 8. The molecule has 1 amide bonds. The van der Waals surface area contributed by atoms with Gasteiger partial charge in [0.2, 0.25) is 11.7 Å². The number of alkyl halides is 3. The number of hydrogen-bond acceptors (Lipinski definition) is 5. The molecule has 0 aliphatic heterocycles. The molecule has 144 valence electrons. The molecular formula is C18H18F3N3O3. The molecule has 9 heteroatoms. The average Bonchev–Trinajstić information content (AvgIpc) is 3.12. The van der Waals surface area contributed by atoms with Gasteiger partial charge in [-0.15, -0.1) is 6.42 Å². The van der Waals surface area contributed by atoms with E-state index in [0.717, 1.165) is 5.56 Å². The Bertz CT molecular complexity index is 795. The average molecular weight is 381 g/mol. The number of carbonyl (C=O) groups is 1. The fraction of sp³-hybridized carbons (Fsp3) is 0.389. The molecule has 0 spiro atoms. The van der Waals surface area contributed by atoms with Gasteiger partial charge in [-0.05, 0) is 12.0 Å². The fourth-order valence-corrected chi connectivity index (χ4v) is 2.30. The van der Waals surface area contributed by atoms with Crippen LogP contribution in [0, 0.1) is 12.3 Å². The molecule has 2 aromatic rings. The summed E-state index contributed by atoms with van der Waals surface area (Å²) >= 11 is 0. The fourth-order valence-electron chi connectivity index (χ4n) is 2.30. The zero-order chi connectivity index (χ0) is 19.9. The second-order valence-corrected chi connectivity index (χ2v) is 5.67. The molecule has 1 aromatic heterocycles. The Labute approximate surface area is 154 Å². The van der Waals surface area contributed by atoms with Gasteiger partial charge in [-0.2, -0.15) is 18.2 Å². The number of benzene rings is 1. The summed E-state index contributed by atoms with van der Waals surface area (Å²) in [7, 11) is 1.56. The Morgan fingerprint density at radius 1 is 1.33 bits per heavy atom. The van der Waals surface area contributed by atoms with E-state index < -0.39 is 12.1 Å². The van der Waals surface area contributed by atoms with Crippen LogP contribution in [-0.4, -0.2) is 41.2 Å². The maximum absolute atomic E-state index is 12.5. The number of aromatic nitrogens is 2. The summed E-state index contributed by atoms with van der Waals surface area (Å²) in [5.74, 6) is 0.791. The lowest BCUT2D eigenvalue weighted by Gasteiger charge is -2.20. The van der Waals surface area contributed by atoms with E-state index in [9.17, 15) is 18.0 Å². The molecule has 0 saturated heterocycles. The Balaban J connectivity index is 2.05. The highest BCUT2D eigenvalue weighted by atomic mass is 19.4. The maximum Gasteiger partial charge on any atom is 0.471 e. The van der Waals surface area contributed by atoms with Crippen LogP contribution < -0.4 is 0 Å². The summed E-state index contributed by atoms with van der Waals surface area (Å²) in [5.41, 5.74) is 1.14. The molecular weight excluding hydrogens is 363 g/mol. The largest absolute Gasteiger partial charge is 0.471 e. The van der Waals surface area contributed by atoms with E-state index in [-0.39, 0.29) is 24.8 Å². The van der Waals surface area contributed by atoms with Gasteiger partial charge in [0.05, 0.1) is 6.54 Å². The van der Waals surface area contributed by atoms with Crippen molar-refractivity contribution in [2.45, 2.75) is 25.6 Å². The highest BCUT2D eigenvalue weighted by Gasteiger charge is 2.38. The second kappa shape index (κ2) is 9.19. The van der Waals surface area contributed by atoms with Crippen molar-refractivity contribution in [1.29, 1.82) is 0 Å². The quantitative estimate of drug-likeness (QED) is 0.519. The Hall–Kier alpha value is -2.86. The van der Waals surface area contributed by atoms with E-state index in [4.69, 9.17) is 11.2 Å². The number of hydrogen-bond donors (Lipinski definition) is 0. The van der Waals surface area contributed by atoms with Gasteiger partial charge in [-0.3, -0.25) is 4.79 Å². The number of methoxy groups -OCH3 is 1. The van der Waals surface area contributed by atoms with Crippen molar-refractivity contribution in [3.63, 3.8) is 0 Å². The zero-order valence-electron chi connectivity index (χ0n) is 14.6. The minimum atomic E-state index is -4.69. The van der Waals surface area contributed by atoms with Crippen molar-refractivity contribution in [2.75, 3.05) is 20.3 Å². The van der Waals surface area contributed by atoms with E-state index in [0.29, 0.717) is 25.0 Å². The molecule has 0 radical (unpaired) electrons.